The molecular formula is C26H30N6O3. The summed E-state index contributed by atoms with van der Waals surface area (Å²) < 4.78 is 6.12. The lowest BCUT2D eigenvalue weighted by atomic mass is 9.99. The van der Waals surface area contributed by atoms with E-state index < -0.39 is 0 Å². The number of nitrogens with one attached hydrogen (secondary N) is 4. The summed E-state index contributed by atoms with van der Waals surface area (Å²) in [7, 11) is 1.76. The molecule has 1 aliphatic heterocycles. The lowest BCUT2D eigenvalue weighted by molar-refractivity contribution is -0.115. The molecule has 2 aromatic carbocycles. The van der Waals surface area contributed by atoms with Gasteiger partial charge in [-0.25, -0.2) is 4.98 Å². The number of aromatic nitrogens is 2. The van der Waals surface area contributed by atoms with Gasteiger partial charge in [0.25, 0.3) is 5.91 Å². The number of para-hydroxylation sites is 1. The average molecular weight is 475 g/mol. The van der Waals surface area contributed by atoms with Crippen molar-refractivity contribution < 1.29 is 14.3 Å². The molecule has 3 aromatic rings. The van der Waals surface area contributed by atoms with Crippen LogP contribution in [0, 0.1) is 5.92 Å². The Morgan fingerprint density at radius 1 is 1.06 bits per heavy atom. The highest BCUT2D eigenvalue weighted by Gasteiger charge is 2.17. The van der Waals surface area contributed by atoms with E-state index in [0.717, 1.165) is 37.1 Å². The third-order valence-electron chi connectivity index (χ3n) is 5.82. The van der Waals surface area contributed by atoms with E-state index in [-0.39, 0.29) is 18.4 Å². The van der Waals surface area contributed by atoms with E-state index in [1.807, 2.05) is 30.3 Å². The molecule has 1 aliphatic rings. The Hall–Kier alpha value is -3.98. The number of piperidine rings is 1. The van der Waals surface area contributed by atoms with Crippen molar-refractivity contribution in [1.82, 2.24) is 20.6 Å². The summed E-state index contributed by atoms with van der Waals surface area (Å²) in [5, 5.41) is 11.7. The second-order valence-electron chi connectivity index (χ2n) is 8.34. The van der Waals surface area contributed by atoms with Gasteiger partial charge >= 0.3 is 0 Å². The van der Waals surface area contributed by atoms with Gasteiger partial charge in [0, 0.05) is 24.5 Å². The number of benzene rings is 2. The Bertz CT molecular complexity index is 1130. The molecule has 0 spiro atoms. The van der Waals surface area contributed by atoms with Gasteiger partial charge in [0.15, 0.2) is 0 Å². The van der Waals surface area contributed by atoms with Gasteiger partial charge in [-0.1, -0.05) is 30.3 Å². The standard InChI is InChI=1S/C26H30N6O3/c1-27-26-30-15-22(25(32-26)35-17-18-11-13-28-14-12-18)19-7-9-20(10-8-19)24(34)29-16-23(33)31-21-5-3-2-4-6-21/h2-10,15,18,28H,11-14,16-17H2,1H3,(H,29,34)(H,31,33)(H,27,30,32). The summed E-state index contributed by atoms with van der Waals surface area (Å²) in [6.45, 7) is 2.48. The summed E-state index contributed by atoms with van der Waals surface area (Å²) >= 11 is 0. The zero-order valence-corrected chi connectivity index (χ0v) is 19.7. The fourth-order valence-corrected chi connectivity index (χ4v) is 3.83. The normalized spacial score (nSPS) is 13.6. The second kappa shape index (κ2) is 11.9. The molecule has 0 aliphatic carbocycles. The maximum absolute atomic E-state index is 12.5. The lowest BCUT2D eigenvalue weighted by Gasteiger charge is -2.23. The second-order valence-corrected chi connectivity index (χ2v) is 8.34. The van der Waals surface area contributed by atoms with Crippen LogP contribution in [-0.4, -0.2) is 55.1 Å². The van der Waals surface area contributed by atoms with Gasteiger partial charge in [-0.2, -0.15) is 4.98 Å². The molecule has 9 nitrogen and oxygen atoms in total. The molecule has 0 saturated carbocycles. The molecule has 182 valence electrons. The number of anilines is 2. The monoisotopic (exact) mass is 474 g/mol. The highest BCUT2D eigenvalue weighted by atomic mass is 16.5. The van der Waals surface area contributed by atoms with E-state index in [2.05, 4.69) is 31.2 Å². The fraction of sp³-hybridized carbons (Fsp3) is 0.308. The molecular weight excluding hydrogens is 444 g/mol. The number of hydrogen-bond donors (Lipinski definition) is 4. The average Bonchev–Trinajstić information content (AvgIpc) is 2.91. The van der Waals surface area contributed by atoms with Crippen LogP contribution in [0.5, 0.6) is 5.88 Å². The van der Waals surface area contributed by atoms with Crippen molar-refractivity contribution in [1.29, 1.82) is 0 Å². The van der Waals surface area contributed by atoms with E-state index >= 15 is 0 Å². The molecule has 1 aromatic heterocycles. The van der Waals surface area contributed by atoms with E-state index in [4.69, 9.17) is 4.74 Å². The molecule has 9 heteroatoms. The number of hydrogen-bond acceptors (Lipinski definition) is 7. The minimum atomic E-state index is -0.330. The SMILES string of the molecule is CNc1ncc(-c2ccc(C(=O)NCC(=O)Nc3ccccc3)cc2)c(OCC2CCNCC2)n1. The van der Waals surface area contributed by atoms with E-state index in [1.54, 1.807) is 37.5 Å². The molecule has 35 heavy (non-hydrogen) atoms. The molecule has 2 amide bonds. The highest BCUT2D eigenvalue weighted by molar-refractivity contribution is 5.99. The maximum Gasteiger partial charge on any atom is 0.251 e. The van der Waals surface area contributed by atoms with Crippen LogP contribution >= 0.6 is 0 Å². The van der Waals surface area contributed by atoms with Crippen molar-refractivity contribution in [3.8, 4) is 17.0 Å². The van der Waals surface area contributed by atoms with Crippen LogP contribution in [0.25, 0.3) is 11.1 Å². The molecule has 0 radical (unpaired) electrons. The fourth-order valence-electron chi connectivity index (χ4n) is 3.83. The summed E-state index contributed by atoms with van der Waals surface area (Å²) in [6.07, 6.45) is 3.87. The minimum absolute atomic E-state index is 0.122. The number of nitrogens with zero attached hydrogens (tertiary/aromatic N) is 2. The van der Waals surface area contributed by atoms with Crippen molar-refractivity contribution in [3.05, 3.63) is 66.4 Å². The number of carbonyl (C=O) groups is 2. The van der Waals surface area contributed by atoms with E-state index in [9.17, 15) is 9.59 Å². The first kappa shape index (κ1) is 24.2. The largest absolute Gasteiger partial charge is 0.477 e. The molecule has 1 saturated heterocycles. The van der Waals surface area contributed by atoms with Gasteiger partial charge in [-0.05, 0) is 61.7 Å². The number of ether oxygens (including phenoxy) is 1. The molecule has 0 atom stereocenters. The first-order chi connectivity index (χ1) is 17.1. The Balaban J connectivity index is 1.39. The molecule has 1 fully saturated rings. The zero-order valence-electron chi connectivity index (χ0n) is 19.7. The Labute approximate surface area is 204 Å². The third-order valence-corrected chi connectivity index (χ3v) is 5.82. The molecule has 2 heterocycles. The molecule has 4 rings (SSSR count). The van der Waals surface area contributed by atoms with Gasteiger partial charge in [0.2, 0.25) is 17.7 Å². The van der Waals surface area contributed by atoms with Crippen LogP contribution in [0.15, 0.2) is 60.8 Å². The number of amides is 2. The van der Waals surface area contributed by atoms with Crippen LogP contribution in [0.1, 0.15) is 23.2 Å². The van der Waals surface area contributed by atoms with Gasteiger partial charge in [-0.3, -0.25) is 9.59 Å². The first-order valence-corrected chi connectivity index (χ1v) is 11.7. The number of carbonyl (C=O) groups excluding carboxylic acids is 2. The van der Waals surface area contributed by atoms with Crippen LogP contribution in [0.3, 0.4) is 0 Å². The summed E-state index contributed by atoms with van der Waals surface area (Å²) in [6, 6.07) is 16.2. The van der Waals surface area contributed by atoms with Crippen molar-refractivity contribution in [3.63, 3.8) is 0 Å². The summed E-state index contributed by atoms with van der Waals surface area (Å²) in [5.74, 6) is 0.862. The molecule has 0 bridgehead atoms. The highest BCUT2D eigenvalue weighted by Crippen LogP contribution is 2.29. The Morgan fingerprint density at radius 2 is 1.80 bits per heavy atom. The van der Waals surface area contributed by atoms with Gasteiger partial charge in [-0.15, -0.1) is 0 Å². The number of rotatable bonds is 9. The maximum atomic E-state index is 12.5. The lowest BCUT2D eigenvalue weighted by Crippen LogP contribution is -2.32. The Morgan fingerprint density at radius 3 is 2.51 bits per heavy atom. The van der Waals surface area contributed by atoms with Gasteiger partial charge in [0.1, 0.15) is 0 Å². The van der Waals surface area contributed by atoms with Crippen LogP contribution in [0.4, 0.5) is 11.6 Å². The van der Waals surface area contributed by atoms with E-state index in [0.29, 0.717) is 35.6 Å². The third kappa shape index (κ3) is 6.77. The minimum Gasteiger partial charge on any atom is -0.477 e. The zero-order chi connectivity index (χ0) is 24.5. The van der Waals surface area contributed by atoms with Crippen LogP contribution in [0.2, 0.25) is 0 Å². The molecule has 0 unspecified atom stereocenters. The Kier molecular flexibility index (Phi) is 8.24. The van der Waals surface area contributed by atoms with Crippen molar-refractivity contribution in [2.24, 2.45) is 5.92 Å². The molecule has 4 N–H and O–H groups in total. The predicted molar refractivity (Wildman–Crippen MR) is 136 cm³/mol. The summed E-state index contributed by atoms with van der Waals surface area (Å²) in [5.41, 5.74) is 2.73. The smallest absolute Gasteiger partial charge is 0.251 e. The van der Waals surface area contributed by atoms with Gasteiger partial charge in [0.05, 0.1) is 18.7 Å². The summed E-state index contributed by atoms with van der Waals surface area (Å²) in [4.78, 5) is 33.5. The predicted octanol–water partition coefficient (Wildman–Crippen LogP) is 2.93. The van der Waals surface area contributed by atoms with Crippen molar-refractivity contribution in [2.45, 2.75) is 12.8 Å². The van der Waals surface area contributed by atoms with E-state index in [1.165, 1.54) is 0 Å². The van der Waals surface area contributed by atoms with Crippen molar-refractivity contribution >= 4 is 23.5 Å². The van der Waals surface area contributed by atoms with Crippen LogP contribution in [-0.2, 0) is 4.79 Å². The van der Waals surface area contributed by atoms with Gasteiger partial charge < -0.3 is 26.0 Å². The topological polar surface area (TPSA) is 117 Å². The first-order valence-electron chi connectivity index (χ1n) is 11.7. The van der Waals surface area contributed by atoms with Crippen molar-refractivity contribution in [2.75, 3.05) is 43.9 Å². The quantitative estimate of drug-likeness (QED) is 0.377. The van der Waals surface area contributed by atoms with Crippen LogP contribution < -0.4 is 26.0 Å².